The molecule has 6 nitrogen and oxygen atoms in total. The van der Waals surface area contributed by atoms with Gasteiger partial charge in [0.05, 0.1) is 6.20 Å². The van der Waals surface area contributed by atoms with Crippen LogP contribution in [0.5, 0.6) is 11.5 Å². The van der Waals surface area contributed by atoms with Crippen LogP contribution in [0.2, 0.25) is 5.02 Å². The van der Waals surface area contributed by atoms with Crippen LogP contribution in [0.25, 0.3) is 11.0 Å². The number of aromatic amines is 1. The fraction of sp³-hybridized carbons (Fsp3) is 0.333. The number of nitrogens with one attached hydrogen (secondary N) is 1. The normalized spacial score (nSPS) is 22.4. The number of likely N-dealkylation sites (tertiary alicyclic amines) is 1. The van der Waals surface area contributed by atoms with Crippen molar-refractivity contribution in [3.63, 3.8) is 0 Å². The lowest BCUT2D eigenvalue weighted by Gasteiger charge is -2.38. The van der Waals surface area contributed by atoms with E-state index < -0.39 is 5.97 Å². The van der Waals surface area contributed by atoms with Gasteiger partial charge >= 0.3 is 5.97 Å². The van der Waals surface area contributed by atoms with Crippen LogP contribution >= 0.6 is 11.6 Å². The number of hydrogen-bond acceptors (Lipinski definition) is 4. The maximum absolute atomic E-state index is 11.9. The van der Waals surface area contributed by atoms with Crippen molar-refractivity contribution in [2.45, 2.75) is 56.5 Å². The van der Waals surface area contributed by atoms with Gasteiger partial charge in [0.1, 0.15) is 22.7 Å². The molecule has 2 fully saturated rings. The summed E-state index contributed by atoms with van der Waals surface area (Å²) in [5, 5.41) is 11.5. The van der Waals surface area contributed by atoms with E-state index >= 15 is 0 Å². The van der Waals surface area contributed by atoms with Gasteiger partial charge in [0.15, 0.2) is 0 Å². The predicted molar refractivity (Wildman–Crippen MR) is 145 cm³/mol. The van der Waals surface area contributed by atoms with Gasteiger partial charge in [0.2, 0.25) is 0 Å². The first kappa shape index (κ1) is 24.0. The zero-order valence-electron chi connectivity index (χ0n) is 20.6. The van der Waals surface area contributed by atoms with E-state index in [2.05, 4.69) is 27.0 Å². The second-order valence-corrected chi connectivity index (χ2v) is 10.6. The second-order valence-electron chi connectivity index (χ2n) is 10.2. The maximum Gasteiger partial charge on any atom is 0.339 e. The van der Waals surface area contributed by atoms with E-state index in [0.717, 1.165) is 60.3 Å². The highest BCUT2D eigenvalue weighted by Crippen LogP contribution is 2.43. The molecule has 0 spiro atoms. The molecule has 2 aliphatic rings. The quantitative estimate of drug-likeness (QED) is 0.277. The van der Waals surface area contributed by atoms with Crippen molar-refractivity contribution in [3.05, 3.63) is 88.7 Å². The third-order valence-electron chi connectivity index (χ3n) is 8.03. The van der Waals surface area contributed by atoms with E-state index in [9.17, 15) is 9.90 Å². The Bertz CT molecular complexity index is 1430. The van der Waals surface area contributed by atoms with Gasteiger partial charge in [-0.3, -0.25) is 4.90 Å². The first-order valence-electron chi connectivity index (χ1n) is 13.1. The van der Waals surface area contributed by atoms with Crippen molar-refractivity contribution >= 4 is 28.6 Å². The molecule has 2 N–H and O–H groups in total. The molecule has 0 bridgehead atoms. The van der Waals surface area contributed by atoms with Gasteiger partial charge < -0.3 is 14.8 Å². The van der Waals surface area contributed by atoms with E-state index in [4.69, 9.17) is 16.3 Å². The van der Waals surface area contributed by atoms with Gasteiger partial charge in [0, 0.05) is 28.7 Å². The van der Waals surface area contributed by atoms with Crippen LogP contribution in [0.4, 0.5) is 0 Å². The average Bonchev–Trinajstić information content (AvgIpc) is 3.58. The van der Waals surface area contributed by atoms with E-state index in [1.165, 1.54) is 12.0 Å². The summed E-state index contributed by atoms with van der Waals surface area (Å²) >= 11 is 6.56. The summed E-state index contributed by atoms with van der Waals surface area (Å²) in [5.74, 6) is 0.269. The number of nitrogens with zero attached hydrogens (tertiary/aromatic N) is 2. The minimum Gasteiger partial charge on any atom is -0.478 e. The average molecular weight is 516 g/mol. The molecule has 0 radical (unpaired) electrons. The molecule has 1 unspecified atom stereocenters. The van der Waals surface area contributed by atoms with Crippen molar-refractivity contribution in [2.75, 3.05) is 6.54 Å². The predicted octanol–water partition coefficient (Wildman–Crippen LogP) is 7.57. The number of carboxylic acids is 1. The van der Waals surface area contributed by atoms with Crippen LogP contribution in [-0.2, 0) is 0 Å². The van der Waals surface area contributed by atoms with Crippen molar-refractivity contribution in [1.29, 1.82) is 0 Å². The summed E-state index contributed by atoms with van der Waals surface area (Å²) in [7, 11) is 0. The number of carboxylic acid groups (broad SMARTS) is 1. The first-order chi connectivity index (χ1) is 18.1. The summed E-state index contributed by atoms with van der Waals surface area (Å²) in [5.41, 5.74) is 3.32. The SMILES string of the molecule is O=C(O)c1ccc(C2CCC(N3CCCC3c3ccccc3Cl)CC2)cc1Oc1cnc2[nH]ccc2c1. The Labute approximate surface area is 221 Å². The molecule has 7 heteroatoms. The van der Waals surface area contributed by atoms with Crippen molar-refractivity contribution in [1.82, 2.24) is 14.9 Å². The molecule has 1 aliphatic heterocycles. The van der Waals surface area contributed by atoms with Gasteiger partial charge in [-0.1, -0.05) is 35.9 Å². The molecule has 1 saturated heterocycles. The Morgan fingerprint density at radius 3 is 2.70 bits per heavy atom. The number of ether oxygens (including phenoxy) is 1. The lowest BCUT2D eigenvalue weighted by atomic mass is 9.80. The third kappa shape index (κ3) is 4.83. The maximum atomic E-state index is 11.9. The summed E-state index contributed by atoms with van der Waals surface area (Å²) in [6.07, 6.45) is 10.2. The van der Waals surface area contributed by atoms with E-state index in [1.54, 1.807) is 12.3 Å². The molecule has 37 heavy (non-hydrogen) atoms. The Morgan fingerprint density at radius 2 is 1.89 bits per heavy atom. The second kappa shape index (κ2) is 10.2. The molecule has 190 valence electrons. The molecular weight excluding hydrogens is 486 g/mol. The number of benzene rings is 2. The summed E-state index contributed by atoms with van der Waals surface area (Å²) in [6.45, 7) is 1.12. The molecular formula is C30H30ClN3O3. The number of halogens is 1. The summed E-state index contributed by atoms with van der Waals surface area (Å²) in [6, 6.07) is 18.5. The lowest BCUT2D eigenvalue weighted by Crippen LogP contribution is -2.37. The van der Waals surface area contributed by atoms with E-state index in [0.29, 0.717) is 29.5 Å². The van der Waals surface area contributed by atoms with E-state index in [-0.39, 0.29) is 5.56 Å². The number of fused-ring (bicyclic) bond motifs is 1. The minimum absolute atomic E-state index is 0.159. The van der Waals surface area contributed by atoms with Gasteiger partial charge in [-0.2, -0.15) is 0 Å². The van der Waals surface area contributed by atoms with Crippen LogP contribution < -0.4 is 4.74 Å². The standard InChI is InChI=1S/C30H30ClN3O3/c31-26-5-2-1-4-24(26)27-6-3-15-34(27)22-10-7-19(8-11-22)20-9-12-25(30(35)36)28(17-20)37-23-16-21-13-14-32-29(21)33-18-23/h1-2,4-5,9,12-14,16-19,22,27H,3,6-8,10-11,15H2,(H,32,33)(H,35,36). The van der Waals surface area contributed by atoms with Crippen molar-refractivity contribution in [2.24, 2.45) is 0 Å². The fourth-order valence-corrected chi connectivity index (χ4v) is 6.46. The Balaban J connectivity index is 1.18. The van der Waals surface area contributed by atoms with Crippen molar-refractivity contribution < 1.29 is 14.6 Å². The topological polar surface area (TPSA) is 78.4 Å². The number of H-pyrrole nitrogens is 1. The monoisotopic (exact) mass is 515 g/mol. The third-order valence-corrected chi connectivity index (χ3v) is 8.38. The van der Waals surface area contributed by atoms with Gasteiger partial charge in [0.25, 0.3) is 0 Å². The molecule has 2 aromatic heterocycles. The first-order valence-corrected chi connectivity index (χ1v) is 13.4. The number of aromatic carboxylic acids is 1. The van der Waals surface area contributed by atoms with Gasteiger partial charge in [-0.05, 0) is 92.4 Å². The molecule has 1 atom stereocenters. The van der Waals surface area contributed by atoms with Gasteiger partial charge in [-0.25, -0.2) is 9.78 Å². The molecule has 0 amide bonds. The highest BCUT2D eigenvalue weighted by Gasteiger charge is 2.35. The fourth-order valence-electron chi connectivity index (χ4n) is 6.20. The molecule has 1 saturated carbocycles. The van der Waals surface area contributed by atoms with Crippen LogP contribution in [0.15, 0.2) is 67.0 Å². The highest BCUT2D eigenvalue weighted by molar-refractivity contribution is 6.31. The number of aromatic nitrogens is 2. The molecule has 1 aliphatic carbocycles. The van der Waals surface area contributed by atoms with Crippen LogP contribution in [0.1, 0.15) is 72.0 Å². The lowest BCUT2D eigenvalue weighted by molar-refractivity contribution is 0.0694. The Morgan fingerprint density at radius 1 is 1.05 bits per heavy atom. The molecule has 3 heterocycles. The smallest absolute Gasteiger partial charge is 0.339 e. The Kier molecular flexibility index (Phi) is 6.61. The molecule has 2 aromatic carbocycles. The summed E-state index contributed by atoms with van der Waals surface area (Å²) < 4.78 is 6.08. The Hall–Kier alpha value is -3.35. The van der Waals surface area contributed by atoms with Gasteiger partial charge in [-0.15, -0.1) is 0 Å². The van der Waals surface area contributed by atoms with E-state index in [1.807, 2.05) is 42.6 Å². The zero-order chi connectivity index (χ0) is 25.4. The largest absolute Gasteiger partial charge is 0.478 e. The van der Waals surface area contributed by atoms with Crippen molar-refractivity contribution in [3.8, 4) is 11.5 Å². The highest BCUT2D eigenvalue weighted by atomic mass is 35.5. The van der Waals surface area contributed by atoms with Crippen LogP contribution in [0, 0.1) is 0 Å². The number of rotatable bonds is 6. The summed E-state index contributed by atoms with van der Waals surface area (Å²) in [4.78, 5) is 22.0. The number of pyridine rings is 1. The number of carbonyl (C=O) groups is 1. The minimum atomic E-state index is -0.999. The molecule has 6 rings (SSSR count). The van der Waals surface area contributed by atoms with Crippen LogP contribution in [0.3, 0.4) is 0 Å². The zero-order valence-corrected chi connectivity index (χ0v) is 21.3. The molecule has 4 aromatic rings. The number of hydrogen-bond donors (Lipinski definition) is 2. The van der Waals surface area contributed by atoms with Crippen LogP contribution in [-0.4, -0.2) is 38.5 Å².